The van der Waals surface area contributed by atoms with E-state index in [1.807, 2.05) is 4.90 Å². The van der Waals surface area contributed by atoms with Gasteiger partial charge in [0.1, 0.15) is 0 Å². The lowest BCUT2D eigenvalue weighted by Crippen LogP contribution is -2.49. The second-order valence-electron chi connectivity index (χ2n) is 6.11. The van der Waals surface area contributed by atoms with E-state index in [2.05, 4.69) is 15.0 Å². The minimum absolute atomic E-state index is 0.0851. The molecule has 1 aromatic rings. The Labute approximate surface area is 142 Å². The Kier molecular flexibility index (Phi) is 4.77. The molecular weight excluding hydrogens is 334 g/mol. The summed E-state index contributed by atoms with van der Waals surface area (Å²) >= 11 is 0. The van der Waals surface area contributed by atoms with Gasteiger partial charge in [0, 0.05) is 26.2 Å². The maximum atomic E-state index is 12.5. The molecule has 1 unspecified atom stereocenters. The number of aromatic nitrogens is 3. The summed E-state index contributed by atoms with van der Waals surface area (Å²) in [7, 11) is 1.44. The maximum absolute atomic E-state index is 12.5. The van der Waals surface area contributed by atoms with E-state index in [0.717, 1.165) is 32.2 Å². The van der Waals surface area contributed by atoms with Crippen LogP contribution in [-0.4, -0.2) is 73.3 Å². The van der Waals surface area contributed by atoms with Gasteiger partial charge < -0.3 is 14.4 Å². The monoisotopic (exact) mass is 357 g/mol. The van der Waals surface area contributed by atoms with E-state index >= 15 is 0 Å². The van der Waals surface area contributed by atoms with Gasteiger partial charge in [-0.25, -0.2) is 8.42 Å². The van der Waals surface area contributed by atoms with Gasteiger partial charge in [-0.2, -0.15) is 14.3 Å². The largest absolute Gasteiger partial charge is 0.467 e. The number of methoxy groups -OCH3 is 2. The van der Waals surface area contributed by atoms with Crippen molar-refractivity contribution in [2.24, 2.45) is 0 Å². The Bertz CT molecular complexity index is 672. The summed E-state index contributed by atoms with van der Waals surface area (Å²) in [5.74, 6) is 0.445. The van der Waals surface area contributed by atoms with Crippen molar-refractivity contribution in [1.29, 1.82) is 0 Å². The fourth-order valence-corrected chi connectivity index (χ4v) is 4.68. The molecule has 1 saturated carbocycles. The van der Waals surface area contributed by atoms with E-state index in [9.17, 15) is 8.42 Å². The third kappa shape index (κ3) is 3.39. The third-order valence-corrected chi connectivity index (χ3v) is 6.90. The fourth-order valence-electron chi connectivity index (χ4n) is 2.89. The molecule has 1 aromatic heterocycles. The van der Waals surface area contributed by atoms with Gasteiger partial charge in [0.05, 0.1) is 19.5 Å². The molecule has 0 bridgehead atoms. The van der Waals surface area contributed by atoms with E-state index in [4.69, 9.17) is 9.47 Å². The molecular formula is C14H23N5O4S. The number of nitrogens with zero attached hydrogens (tertiary/aromatic N) is 5. The van der Waals surface area contributed by atoms with Crippen LogP contribution in [0.25, 0.3) is 0 Å². The fraction of sp³-hybridized carbons (Fsp3) is 0.786. The standard InChI is InChI=1S/C14H23N5O4S/c1-18(24(20,21)11-6-7-11)10-5-4-8-19(9-10)12-15-13(22-2)17-14(16-12)23-3/h10-11H,4-9H2,1-3H3. The lowest BCUT2D eigenvalue weighted by molar-refractivity contribution is 0.312. The molecule has 0 aromatic carbocycles. The van der Waals surface area contributed by atoms with Crippen LogP contribution in [-0.2, 0) is 10.0 Å². The van der Waals surface area contributed by atoms with Gasteiger partial charge in [-0.3, -0.25) is 0 Å². The summed E-state index contributed by atoms with van der Waals surface area (Å²) in [6.45, 7) is 1.29. The van der Waals surface area contributed by atoms with E-state index in [1.165, 1.54) is 18.5 Å². The zero-order chi connectivity index (χ0) is 17.3. The van der Waals surface area contributed by atoms with Crippen LogP contribution in [0.5, 0.6) is 12.0 Å². The van der Waals surface area contributed by atoms with Crippen LogP contribution >= 0.6 is 0 Å². The van der Waals surface area contributed by atoms with Crippen LogP contribution in [0.3, 0.4) is 0 Å². The molecule has 1 aliphatic heterocycles. The number of hydrogen-bond acceptors (Lipinski definition) is 8. The van der Waals surface area contributed by atoms with Crippen LogP contribution in [0.4, 0.5) is 5.95 Å². The van der Waals surface area contributed by atoms with Gasteiger partial charge in [-0.05, 0) is 25.7 Å². The van der Waals surface area contributed by atoms with Crippen LogP contribution in [0.1, 0.15) is 25.7 Å². The van der Waals surface area contributed by atoms with Gasteiger partial charge in [0.2, 0.25) is 16.0 Å². The summed E-state index contributed by atoms with van der Waals surface area (Å²) in [6.07, 6.45) is 3.24. The average molecular weight is 357 g/mol. The first-order valence-electron chi connectivity index (χ1n) is 8.01. The highest BCUT2D eigenvalue weighted by Crippen LogP contribution is 2.33. The molecule has 10 heteroatoms. The lowest BCUT2D eigenvalue weighted by Gasteiger charge is -2.37. The molecule has 1 aliphatic carbocycles. The van der Waals surface area contributed by atoms with Crippen molar-refractivity contribution >= 4 is 16.0 Å². The van der Waals surface area contributed by atoms with Gasteiger partial charge >= 0.3 is 12.0 Å². The highest BCUT2D eigenvalue weighted by atomic mass is 32.2. The van der Waals surface area contributed by atoms with Crippen molar-refractivity contribution < 1.29 is 17.9 Å². The maximum Gasteiger partial charge on any atom is 0.324 e. The molecule has 1 atom stereocenters. The van der Waals surface area contributed by atoms with Crippen molar-refractivity contribution in [3.8, 4) is 12.0 Å². The normalized spacial score (nSPS) is 21.8. The predicted molar refractivity (Wildman–Crippen MR) is 87.9 cm³/mol. The first-order chi connectivity index (χ1) is 11.5. The van der Waals surface area contributed by atoms with Crippen molar-refractivity contribution in [2.45, 2.75) is 37.0 Å². The molecule has 9 nitrogen and oxygen atoms in total. The Hall–Kier alpha value is -1.68. The van der Waals surface area contributed by atoms with E-state index in [-0.39, 0.29) is 23.3 Å². The topological polar surface area (TPSA) is 97.8 Å². The van der Waals surface area contributed by atoms with E-state index in [1.54, 1.807) is 7.05 Å². The van der Waals surface area contributed by atoms with E-state index < -0.39 is 10.0 Å². The summed E-state index contributed by atoms with van der Waals surface area (Å²) in [6, 6.07) is 0.272. The lowest BCUT2D eigenvalue weighted by atomic mass is 10.1. The highest BCUT2D eigenvalue weighted by Gasteiger charge is 2.42. The molecule has 1 saturated heterocycles. The second kappa shape index (κ2) is 6.67. The molecule has 134 valence electrons. The van der Waals surface area contributed by atoms with Crippen molar-refractivity contribution in [3.63, 3.8) is 0 Å². The molecule has 2 fully saturated rings. The Morgan fingerprint density at radius 2 is 1.71 bits per heavy atom. The van der Waals surface area contributed by atoms with Gasteiger partial charge in [-0.15, -0.1) is 4.98 Å². The number of sulfonamides is 1. The smallest absolute Gasteiger partial charge is 0.324 e. The molecule has 2 heterocycles. The summed E-state index contributed by atoms with van der Waals surface area (Å²) in [4.78, 5) is 14.5. The van der Waals surface area contributed by atoms with Crippen LogP contribution < -0.4 is 14.4 Å². The van der Waals surface area contributed by atoms with Crippen LogP contribution in [0.15, 0.2) is 0 Å². The molecule has 24 heavy (non-hydrogen) atoms. The Morgan fingerprint density at radius 3 is 2.25 bits per heavy atom. The van der Waals surface area contributed by atoms with Gasteiger partial charge in [0.25, 0.3) is 0 Å². The molecule has 0 amide bonds. The Morgan fingerprint density at radius 1 is 1.08 bits per heavy atom. The minimum Gasteiger partial charge on any atom is -0.467 e. The summed E-state index contributed by atoms with van der Waals surface area (Å²) in [5.41, 5.74) is 0. The first-order valence-corrected chi connectivity index (χ1v) is 9.52. The molecule has 0 radical (unpaired) electrons. The first kappa shape index (κ1) is 17.2. The van der Waals surface area contributed by atoms with Gasteiger partial charge in [-0.1, -0.05) is 0 Å². The number of anilines is 1. The highest BCUT2D eigenvalue weighted by molar-refractivity contribution is 7.90. The SMILES string of the molecule is COc1nc(OC)nc(N2CCCC(N(C)S(=O)(=O)C3CC3)C2)n1. The summed E-state index contributed by atoms with van der Waals surface area (Å²) < 4.78 is 36.6. The molecule has 2 aliphatic rings. The predicted octanol–water partition coefficient (Wildman–Crippen LogP) is 0.282. The summed E-state index contributed by atoms with van der Waals surface area (Å²) in [5, 5.41) is -0.199. The van der Waals surface area contributed by atoms with Crippen molar-refractivity contribution in [3.05, 3.63) is 0 Å². The number of ether oxygens (including phenoxy) is 2. The molecule has 3 rings (SSSR count). The minimum atomic E-state index is -3.19. The van der Waals surface area contributed by atoms with Crippen LogP contribution in [0, 0.1) is 0 Å². The molecule has 0 N–H and O–H groups in total. The zero-order valence-corrected chi connectivity index (χ0v) is 15.0. The zero-order valence-electron chi connectivity index (χ0n) is 14.2. The quantitative estimate of drug-likeness (QED) is 0.716. The number of piperidine rings is 1. The average Bonchev–Trinajstić information content (AvgIpc) is 3.46. The Balaban J connectivity index is 1.78. The third-order valence-electron chi connectivity index (χ3n) is 4.49. The number of likely N-dealkylation sites (N-methyl/N-ethyl adjacent to an activating group) is 1. The van der Waals surface area contributed by atoms with Crippen molar-refractivity contribution in [1.82, 2.24) is 19.3 Å². The number of rotatable bonds is 6. The molecule has 0 spiro atoms. The van der Waals surface area contributed by atoms with Crippen LogP contribution in [0.2, 0.25) is 0 Å². The van der Waals surface area contributed by atoms with E-state index in [0.29, 0.717) is 12.5 Å². The number of hydrogen-bond donors (Lipinski definition) is 0. The second-order valence-corrected chi connectivity index (χ2v) is 8.38. The van der Waals surface area contributed by atoms with Gasteiger partial charge in [0.15, 0.2) is 0 Å². The van der Waals surface area contributed by atoms with Crippen molar-refractivity contribution in [2.75, 3.05) is 39.3 Å².